The third kappa shape index (κ3) is 5.79. The Morgan fingerprint density at radius 1 is 1.19 bits per heavy atom. The SMILES string of the molecule is CC(C)OP(=O)(OC(C)C)c1cc([N+](=O)[O-])ccc1NC(=O)C(F)(F)F. The van der Waals surface area contributed by atoms with E-state index < -0.39 is 53.5 Å². The number of alkyl halides is 3. The van der Waals surface area contributed by atoms with Gasteiger partial charge in [-0.15, -0.1) is 0 Å². The summed E-state index contributed by atoms with van der Waals surface area (Å²) in [4.78, 5) is 21.4. The van der Waals surface area contributed by atoms with E-state index >= 15 is 0 Å². The van der Waals surface area contributed by atoms with Crippen molar-refractivity contribution in [2.75, 3.05) is 5.32 Å². The van der Waals surface area contributed by atoms with Crippen molar-refractivity contribution >= 4 is 30.2 Å². The number of carbonyl (C=O) groups is 1. The first-order valence-electron chi connectivity index (χ1n) is 7.40. The van der Waals surface area contributed by atoms with Crippen LogP contribution in [0.1, 0.15) is 27.7 Å². The number of amides is 1. The summed E-state index contributed by atoms with van der Waals surface area (Å²) in [6.45, 7) is 6.01. The molecular weight excluding hydrogens is 380 g/mol. The fraction of sp³-hybridized carbons (Fsp3) is 0.500. The van der Waals surface area contributed by atoms with Crippen LogP contribution in [0.3, 0.4) is 0 Å². The Morgan fingerprint density at radius 3 is 2.08 bits per heavy atom. The van der Waals surface area contributed by atoms with E-state index in [1.807, 2.05) is 0 Å². The fourth-order valence-corrected chi connectivity index (χ4v) is 3.96. The maximum Gasteiger partial charge on any atom is 0.471 e. The number of rotatable bonds is 7. The van der Waals surface area contributed by atoms with E-state index in [4.69, 9.17) is 9.05 Å². The topological polar surface area (TPSA) is 108 Å². The zero-order valence-electron chi connectivity index (χ0n) is 14.4. The van der Waals surface area contributed by atoms with Gasteiger partial charge in [-0.25, -0.2) is 0 Å². The largest absolute Gasteiger partial charge is 0.471 e. The number of nitrogens with zero attached hydrogens (tertiary/aromatic N) is 1. The van der Waals surface area contributed by atoms with Crippen molar-refractivity contribution in [1.29, 1.82) is 0 Å². The number of non-ortho nitro benzene ring substituents is 1. The lowest BCUT2D eigenvalue weighted by Gasteiger charge is -2.24. The van der Waals surface area contributed by atoms with Gasteiger partial charge in [0, 0.05) is 12.1 Å². The van der Waals surface area contributed by atoms with Crippen LogP contribution in [0.5, 0.6) is 0 Å². The van der Waals surface area contributed by atoms with E-state index in [-0.39, 0.29) is 0 Å². The average Bonchev–Trinajstić information content (AvgIpc) is 2.44. The molecule has 1 N–H and O–H groups in total. The normalized spacial score (nSPS) is 12.5. The van der Waals surface area contributed by atoms with E-state index in [0.29, 0.717) is 0 Å². The second-order valence-electron chi connectivity index (χ2n) is 5.72. The highest BCUT2D eigenvalue weighted by atomic mass is 31.2. The van der Waals surface area contributed by atoms with Crippen LogP contribution in [0.15, 0.2) is 18.2 Å². The maximum absolute atomic E-state index is 13.2. The molecule has 0 radical (unpaired) electrons. The summed E-state index contributed by atoms with van der Waals surface area (Å²) in [5.41, 5.74) is -1.10. The van der Waals surface area contributed by atoms with Gasteiger partial charge in [0.2, 0.25) is 0 Å². The monoisotopic (exact) mass is 398 g/mol. The van der Waals surface area contributed by atoms with Crippen molar-refractivity contribution in [2.45, 2.75) is 46.1 Å². The van der Waals surface area contributed by atoms with Crippen LogP contribution in [0, 0.1) is 10.1 Å². The van der Waals surface area contributed by atoms with Gasteiger partial charge in [0.15, 0.2) is 0 Å². The van der Waals surface area contributed by atoms with Crippen molar-refractivity contribution in [2.24, 2.45) is 0 Å². The summed E-state index contributed by atoms with van der Waals surface area (Å²) < 4.78 is 61.3. The number of halogens is 3. The average molecular weight is 398 g/mol. The van der Waals surface area contributed by atoms with Gasteiger partial charge in [0.25, 0.3) is 5.69 Å². The van der Waals surface area contributed by atoms with E-state index in [1.165, 1.54) is 27.7 Å². The van der Waals surface area contributed by atoms with Gasteiger partial charge in [0.1, 0.15) is 0 Å². The minimum Gasteiger partial charge on any atom is -0.317 e. The predicted octanol–water partition coefficient (Wildman–Crippen LogP) is 3.76. The number of carbonyl (C=O) groups excluding carboxylic acids is 1. The van der Waals surface area contributed by atoms with Crippen LogP contribution >= 0.6 is 7.60 Å². The summed E-state index contributed by atoms with van der Waals surface area (Å²) in [5, 5.41) is 12.0. The molecule has 146 valence electrons. The van der Waals surface area contributed by atoms with E-state index in [9.17, 15) is 32.6 Å². The molecule has 0 fully saturated rings. The Morgan fingerprint density at radius 2 is 1.69 bits per heavy atom. The van der Waals surface area contributed by atoms with Crippen LogP contribution in [-0.4, -0.2) is 29.2 Å². The van der Waals surface area contributed by atoms with Crippen LogP contribution in [-0.2, 0) is 18.4 Å². The number of benzene rings is 1. The third-order valence-electron chi connectivity index (χ3n) is 2.69. The second-order valence-corrected chi connectivity index (χ2v) is 7.61. The van der Waals surface area contributed by atoms with Gasteiger partial charge in [-0.1, -0.05) is 0 Å². The molecule has 0 aromatic heterocycles. The molecule has 8 nitrogen and oxygen atoms in total. The van der Waals surface area contributed by atoms with Crippen molar-refractivity contribution in [3.8, 4) is 0 Å². The van der Waals surface area contributed by atoms with Gasteiger partial charge in [0.05, 0.1) is 28.1 Å². The first kappa shape index (κ1) is 22.1. The highest BCUT2D eigenvalue weighted by Gasteiger charge is 2.41. The van der Waals surface area contributed by atoms with Gasteiger partial charge in [-0.3, -0.25) is 19.5 Å². The number of nitro groups is 1. The molecule has 0 saturated carbocycles. The lowest BCUT2D eigenvalue weighted by Crippen LogP contribution is -2.32. The lowest BCUT2D eigenvalue weighted by molar-refractivity contribution is -0.384. The standard InChI is InChI=1S/C14H18F3N2O6P/c1-8(2)24-26(23,25-9(3)4)12-7-10(19(21)22)5-6-11(12)18-13(20)14(15,16)17/h5-9H,1-4H3,(H,18,20). The molecule has 1 aromatic rings. The lowest BCUT2D eigenvalue weighted by atomic mass is 10.3. The predicted molar refractivity (Wildman–Crippen MR) is 87.5 cm³/mol. The Balaban J connectivity index is 3.55. The molecule has 12 heteroatoms. The van der Waals surface area contributed by atoms with E-state index in [0.717, 1.165) is 18.2 Å². The molecule has 0 spiro atoms. The quantitative estimate of drug-likeness (QED) is 0.426. The van der Waals surface area contributed by atoms with Crippen molar-refractivity contribution in [3.63, 3.8) is 0 Å². The van der Waals surface area contributed by atoms with Crippen molar-refractivity contribution in [1.82, 2.24) is 0 Å². The van der Waals surface area contributed by atoms with Crippen molar-refractivity contribution < 1.29 is 36.5 Å². The van der Waals surface area contributed by atoms with Crippen LogP contribution in [0.2, 0.25) is 0 Å². The molecule has 1 rings (SSSR count). The highest BCUT2D eigenvalue weighted by molar-refractivity contribution is 7.62. The van der Waals surface area contributed by atoms with Gasteiger partial charge < -0.3 is 14.4 Å². The minimum absolute atomic E-state index is 0.535. The molecular formula is C14H18F3N2O6P. The van der Waals surface area contributed by atoms with Gasteiger partial charge >= 0.3 is 19.7 Å². The number of hydrogen-bond acceptors (Lipinski definition) is 6. The fourth-order valence-electron chi connectivity index (χ4n) is 1.85. The Labute approximate surface area is 147 Å². The molecule has 0 bridgehead atoms. The molecule has 0 aliphatic heterocycles. The highest BCUT2D eigenvalue weighted by Crippen LogP contribution is 2.51. The summed E-state index contributed by atoms with van der Waals surface area (Å²) in [5.74, 6) is -2.33. The Bertz CT molecular complexity index is 722. The number of nitro benzene ring substituents is 1. The molecule has 0 aliphatic carbocycles. The van der Waals surface area contributed by atoms with Crippen molar-refractivity contribution in [3.05, 3.63) is 28.3 Å². The number of hydrogen-bond donors (Lipinski definition) is 1. The zero-order valence-corrected chi connectivity index (χ0v) is 15.3. The Kier molecular flexibility index (Phi) is 6.92. The summed E-state index contributed by atoms with van der Waals surface area (Å²) in [7, 11) is -4.28. The molecule has 1 aromatic carbocycles. The number of nitrogens with one attached hydrogen (secondary N) is 1. The molecule has 0 aliphatic rings. The summed E-state index contributed by atoms with van der Waals surface area (Å²) in [6.07, 6.45) is -6.56. The maximum atomic E-state index is 13.2. The van der Waals surface area contributed by atoms with Crippen LogP contribution in [0.25, 0.3) is 0 Å². The number of anilines is 1. The summed E-state index contributed by atoms with van der Waals surface area (Å²) >= 11 is 0. The molecule has 0 unspecified atom stereocenters. The summed E-state index contributed by atoms with van der Waals surface area (Å²) in [6, 6.07) is 2.47. The molecule has 26 heavy (non-hydrogen) atoms. The molecule has 0 atom stereocenters. The van der Waals surface area contributed by atoms with Gasteiger partial charge in [-0.2, -0.15) is 13.2 Å². The zero-order chi connectivity index (χ0) is 20.3. The van der Waals surface area contributed by atoms with Crippen LogP contribution in [0.4, 0.5) is 24.5 Å². The smallest absolute Gasteiger partial charge is 0.317 e. The molecule has 0 heterocycles. The minimum atomic E-state index is -5.21. The first-order valence-corrected chi connectivity index (χ1v) is 8.94. The van der Waals surface area contributed by atoms with E-state index in [1.54, 1.807) is 5.32 Å². The molecule has 0 saturated heterocycles. The first-order chi connectivity index (χ1) is 11.8. The van der Waals surface area contributed by atoms with E-state index in [2.05, 4.69) is 0 Å². The third-order valence-corrected chi connectivity index (χ3v) is 5.05. The van der Waals surface area contributed by atoms with Gasteiger partial charge in [-0.05, 0) is 33.8 Å². The van der Waals surface area contributed by atoms with Crippen LogP contribution < -0.4 is 10.6 Å². The Hall–Kier alpha value is -1.97. The second kappa shape index (κ2) is 8.15. The molecule has 1 amide bonds.